The number of rotatable bonds is 5. The summed E-state index contributed by atoms with van der Waals surface area (Å²) < 4.78 is 29.5. The lowest BCUT2D eigenvalue weighted by atomic mass is 9.72. The molecule has 2 aromatic heterocycles. The zero-order chi connectivity index (χ0) is 31.0. The summed E-state index contributed by atoms with van der Waals surface area (Å²) >= 11 is 1.21. The Hall–Kier alpha value is -4.14. The van der Waals surface area contributed by atoms with Gasteiger partial charge in [0.25, 0.3) is 0 Å². The van der Waals surface area contributed by atoms with Gasteiger partial charge < -0.3 is 19.8 Å². The fourth-order valence-corrected chi connectivity index (χ4v) is 8.63. The van der Waals surface area contributed by atoms with Gasteiger partial charge >= 0.3 is 0 Å². The van der Waals surface area contributed by atoms with Crippen LogP contribution in [0.15, 0.2) is 36.4 Å². The zero-order valence-corrected chi connectivity index (χ0v) is 25.7. The van der Waals surface area contributed by atoms with Crippen LogP contribution in [0.4, 0.5) is 25.3 Å². The molecule has 1 N–H and O–H groups in total. The number of hydrogen-bond donors (Lipinski definition) is 1. The van der Waals surface area contributed by atoms with Crippen molar-refractivity contribution >= 4 is 44.7 Å². The molecule has 2 aliphatic heterocycles. The number of aliphatic hydroxyl groups is 1. The number of likely N-dealkylation sites (tertiary alicyclic amines) is 1. The van der Waals surface area contributed by atoms with Crippen LogP contribution in [-0.2, 0) is 11.2 Å². The average molecular weight is 627 g/mol. The minimum absolute atomic E-state index is 0.0605. The Labute approximate surface area is 263 Å². The van der Waals surface area contributed by atoms with E-state index in [0.717, 1.165) is 63.1 Å². The molecule has 2 aliphatic carbocycles. The first-order chi connectivity index (χ1) is 21.7. The molecule has 45 heavy (non-hydrogen) atoms. The third kappa shape index (κ3) is 4.57. The van der Waals surface area contributed by atoms with Crippen molar-refractivity contribution in [3.8, 4) is 17.3 Å². The highest BCUT2D eigenvalue weighted by atomic mass is 32.1. The summed E-state index contributed by atoms with van der Waals surface area (Å²) in [5, 5.41) is 21.8. The van der Waals surface area contributed by atoms with Gasteiger partial charge in [-0.05, 0) is 62.1 Å². The smallest absolute Gasteiger partial charge is 0.225 e. The lowest BCUT2D eigenvalue weighted by Crippen LogP contribution is -2.73. The first kappa shape index (κ1) is 28.3. The number of carbonyl (C=O) groups is 1. The summed E-state index contributed by atoms with van der Waals surface area (Å²) in [4.78, 5) is 28.7. The number of halogens is 2. The fraction of sp³-hybridized carbons (Fsp3) is 0.412. The number of aliphatic hydroxyl groups excluding tert-OH is 1. The van der Waals surface area contributed by atoms with E-state index in [9.17, 15) is 19.6 Å². The molecule has 3 fully saturated rings. The number of pyridine rings is 1. The molecule has 11 heteroatoms. The Morgan fingerprint density at radius 3 is 2.53 bits per heavy atom. The molecule has 4 aromatic rings. The highest BCUT2D eigenvalue weighted by Gasteiger charge is 2.54. The normalized spacial score (nSPS) is 20.3. The standard InChI is InChI=1S/C34H32F2N6O2S/c1-40(33-39-28(27(14-37)45-33)19-6-8-21(35)9-7-19)31-23-10-11-26(43)30(23)38-29-24(31)12-22(13-25(29)36)41-15-34(16-41)17-42(18-34)32(44)20-4-2-3-5-20/h6-9,12-13,20,26,43H,2-5,10-11,15-18H2,1H3. The zero-order valence-electron chi connectivity index (χ0n) is 24.9. The summed E-state index contributed by atoms with van der Waals surface area (Å²) in [5.41, 5.74) is 4.10. The molecular formula is C34H32F2N6O2S. The number of benzene rings is 2. The predicted octanol–water partition coefficient (Wildman–Crippen LogP) is 6.09. The van der Waals surface area contributed by atoms with Crippen LogP contribution in [0.2, 0.25) is 0 Å². The number of nitriles is 1. The maximum Gasteiger partial charge on any atom is 0.225 e. The first-order valence-electron chi connectivity index (χ1n) is 15.5. The molecule has 2 aromatic carbocycles. The van der Waals surface area contributed by atoms with Crippen LogP contribution < -0.4 is 9.80 Å². The van der Waals surface area contributed by atoms with Gasteiger partial charge in [0.05, 0.1) is 17.5 Å². The topological polar surface area (TPSA) is 96.6 Å². The summed E-state index contributed by atoms with van der Waals surface area (Å²) in [6.07, 6.45) is 4.56. The van der Waals surface area contributed by atoms with Crippen molar-refractivity contribution < 1.29 is 18.7 Å². The van der Waals surface area contributed by atoms with Crippen LogP contribution in [0.3, 0.4) is 0 Å². The summed E-state index contributed by atoms with van der Waals surface area (Å²) in [6, 6.07) is 11.6. The quantitative estimate of drug-likeness (QED) is 0.286. The Morgan fingerprint density at radius 1 is 1.09 bits per heavy atom. The number of thiazole rings is 1. The predicted molar refractivity (Wildman–Crippen MR) is 168 cm³/mol. The van der Waals surface area contributed by atoms with Crippen molar-refractivity contribution in [2.45, 2.75) is 44.6 Å². The number of carbonyl (C=O) groups excluding carboxylic acids is 1. The third-order valence-electron chi connectivity index (χ3n) is 10.1. The Balaban J connectivity index is 1.13. The molecule has 4 heterocycles. The van der Waals surface area contributed by atoms with Crippen LogP contribution in [0, 0.1) is 34.3 Å². The van der Waals surface area contributed by atoms with Gasteiger partial charge in [-0.15, -0.1) is 0 Å². The van der Waals surface area contributed by atoms with Gasteiger partial charge in [0.1, 0.15) is 28.0 Å². The van der Waals surface area contributed by atoms with E-state index in [1.807, 2.05) is 22.9 Å². The number of hydrogen-bond acceptors (Lipinski definition) is 8. The van der Waals surface area contributed by atoms with Crippen LogP contribution in [0.5, 0.6) is 0 Å². The van der Waals surface area contributed by atoms with E-state index in [2.05, 4.69) is 16.0 Å². The van der Waals surface area contributed by atoms with E-state index in [0.29, 0.717) is 56.8 Å². The van der Waals surface area contributed by atoms with Crippen molar-refractivity contribution in [2.75, 3.05) is 43.0 Å². The maximum absolute atomic E-state index is 15.9. The minimum Gasteiger partial charge on any atom is -0.387 e. The second kappa shape index (κ2) is 10.5. The summed E-state index contributed by atoms with van der Waals surface area (Å²) in [5.74, 6) is -0.353. The van der Waals surface area contributed by atoms with Gasteiger partial charge in [0.2, 0.25) is 5.91 Å². The van der Waals surface area contributed by atoms with Gasteiger partial charge in [-0.25, -0.2) is 18.7 Å². The molecule has 0 bridgehead atoms. The number of amides is 1. The summed E-state index contributed by atoms with van der Waals surface area (Å²) in [6.45, 7) is 3.04. The highest BCUT2D eigenvalue weighted by molar-refractivity contribution is 7.16. The molecule has 1 amide bonds. The van der Waals surface area contributed by atoms with Gasteiger partial charge in [-0.3, -0.25) is 4.79 Å². The Kier molecular flexibility index (Phi) is 6.59. The minimum atomic E-state index is -0.792. The fourth-order valence-electron chi connectivity index (χ4n) is 7.78. The second-order valence-corrected chi connectivity index (χ2v) is 14.1. The number of anilines is 3. The van der Waals surface area contributed by atoms with Crippen LogP contribution in [0.1, 0.15) is 54.3 Å². The monoisotopic (exact) mass is 626 g/mol. The van der Waals surface area contributed by atoms with Crippen molar-refractivity contribution in [1.82, 2.24) is 14.9 Å². The van der Waals surface area contributed by atoms with Gasteiger partial charge in [-0.1, -0.05) is 24.2 Å². The van der Waals surface area contributed by atoms with Crippen molar-refractivity contribution in [3.63, 3.8) is 0 Å². The Morgan fingerprint density at radius 2 is 1.82 bits per heavy atom. The summed E-state index contributed by atoms with van der Waals surface area (Å²) in [7, 11) is 1.84. The lowest BCUT2D eigenvalue weighted by Gasteiger charge is -2.61. The maximum atomic E-state index is 15.9. The largest absolute Gasteiger partial charge is 0.387 e. The Bertz CT molecular complexity index is 1880. The van der Waals surface area contributed by atoms with E-state index >= 15 is 4.39 Å². The number of fused-ring (bicyclic) bond motifs is 2. The van der Waals surface area contributed by atoms with Crippen molar-refractivity contribution in [1.29, 1.82) is 5.26 Å². The lowest BCUT2D eigenvalue weighted by molar-refractivity contribution is -0.149. The average Bonchev–Trinajstić information content (AvgIpc) is 3.76. The third-order valence-corrected chi connectivity index (χ3v) is 11.1. The molecule has 230 valence electrons. The number of nitrogens with zero attached hydrogens (tertiary/aromatic N) is 6. The molecular weight excluding hydrogens is 594 g/mol. The molecule has 1 atom stereocenters. The van der Waals surface area contributed by atoms with Gasteiger partial charge in [0, 0.05) is 66.8 Å². The van der Waals surface area contributed by atoms with Crippen LogP contribution in [0.25, 0.3) is 22.2 Å². The first-order valence-corrected chi connectivity index (χ1v) is 16.3. The SMILES string of the molecule is CN(c1nc(-c2ccc(F)cc2)c(C#N)s1)c1c2c(nc3c(F)cc(N4CC5(CN(C(=O)C6CCCC6)C5)C4)cc13)C(O)CC2. The molecule has 2 saturated heterocycles. The molecule has 1 unspecified atom stereocenters. The van der Waals surface area contributed by atoms with Crippen molar-refractivity contribution in [2.24, 2.45) is 11.3 Å². The van der Waals surface area contributed by atoms with Crippen molar-refractivity contribution in [3.05, 3.63) is 64.2 Å². The molecule has 4 aliphatic rings. The van der Waals surface area contributed by atoms with E-state index in [1.165, 1.54) is 29.5 Å². The molecule has 8 rings (SSSR count). The van der Waals surface area contributed by atoms with Gasteiger partial charge in [-0.2, -0.15) is 5.26 Å². The molecule has 1 spiro atoms. The van der Waals surface area contributed by atoms with E-state index < -0.39 is 11.9 Å². The van der Waals surface area contributed by atoms with Gasteiger partial charge in [0.15, 0.2) is 10.9 Å². The van der Waals surface area contributed by atoms with E-state index in [1.54, 1.807) is 12.1 Å². The molecule has 1 saturated carbocycles. The van der Waals surface area contributed by atoms with Crippen LogP contribution in [-0.4, -0.2) is 59.1 Å². The van der Waals surface area contributed by atoms with E-state index in [-0.39, 0.29) is 22.7 Å². The van der Waals surface area contributed by atoms with Crippen LogP contribution >= 0.6 is 11.3 Å². The van der Waals surface area contributed by atoms with E-state index in [4.69, 9.17) is 4.98 Å². The molecule has 8 nitrogen and oxygen atoms in total. The molecule has 0 radical (unpaired) electrons. The number of aromatic nitrogens is 2. The highest BCUT2D eigenvalue weighted by Crippen LogP contribution is 2.48. The second-order valence-electron chi connectivity index (χ2n) is 13.1.